The third-order valence-corrected chi connectivity index (χ3v) is 4.76. The highest BCUT2D eigenvalue weighted by Gasteiger charge is 2.24. The highest BCUT2D eigenvalue weighted by Crippen LogP contribution is 2.25. The number of rotatable bonds is 8. The van der Waals surface area contributed by atoms with Gasteiger partial charge in [0.05, 0.1) is 12.0 Å². The van der Waals surface area contributed by atoms with Gasteiger partial charge in [0.2, 0.25) is 0 Å². The van der Waals surface area contributed by atoms with Crippen LogP contribution in [0, 0.1) is 10.1 Å². The molecule has 0 radical (unpaired) electrons. The van der Waals surface area contributed by atoms with Crippen LogP contribution in [0.4, 0.5) is 5.69 Å². The average Bonchev–Trinajstić information content (AvgIpc) is 2.79. The van der Waals surface area contributed by atoms with E-state index < -0.39 is 22.8 Å². The van der Waals surface area contributed by atoms with Crippen LogP contribution in [0.5, 0.6) is 5.75 Å². The van der Waals surface area contributed by atoms with Crippen LogP contribution in [0.25, 0.3) is 11.1 Å². The van der Waals surface area contributed by atoms with E-state index in [1.165, 1.54) is 25.3 Å². The molecule has 0 saturated heterocycles. The quantitative estimate of drug-likeness (QED) is 0.424. The lowest BCUT2D eigenvalue weighted by molar-refractivity contribution is -0.384. The molecule has 31 heavy (non-hydrogen) atoms. The van der Waals surface area contributed by atoms with Gasteiger partial charge in [-0.2, -0.15) is 0 Å². The number of carboxylic acids is 1. The van der Waals surface area contributed by atoms with Crippen molar-refractivity contribution in [2.45, 2.75) is 12.5 Å². The molecular formula is C23H20N2O6. The third-order valence-electron chi connectivity index (χ3n) is 4.76. The number of nitro groups is 1. The molecule has 3 rings (SSSR count). The number of ether oxygens (including phenoxy) is 1. The SMILES string of the molecule is COc1ccc([N+](=O)[O-])cc1C[C@H](NC(=O)c1ccc(-c2ccccc2)cc1)C(=O)O. The largest absolute Gasteiger partial charge is 0.496 e. The molecule has 0 heterocycles. The number of nitrogens with zero attached hydrogens (tertiary/aromatic N) is 1. The summed E-state index contributed by atoms with van der Waals surface area (Å²) in [6.45, 7) is 0. The molecule has 158 valence electrons. The monoisotopic (exact) mass is 420 g/mol. The van der Waals surface area contributed by atoms with E-state index in [9.17, 15) is 24.8 Å². The van der Waals surface area contributed by atoms with Crippen LogP contribution in [0.3, 0.4) is 0 Å². The Morgan fingerprint density at radius 2 is 1.68 bits per heavy atom. The molecule has 0 unspecified atom stereocenters. The molecule has 0 fully saturated rings. The first-order chi connectivity index (χ1) is 14.9. The normalized spacial score (nSPS) is 11.4. The van der Waals surface area contributed by atoms with E-state index >= 15 is 0 Å². The van der Waals surface area contributed by atoms with Crippen molar-refractivity contribution in [3.63, 3.8) is 0 Å². The molecule has 3 aromatic rings. The number of aliphatic carboxylic acids is 1. The molecule has 0 aliphatic carbocycles. The lowest BCUT2D eigenvalue weighted by atomic mass is 10.0. The van der Waals surface area contributed by atoms with Gasteiger partial charge in [0.25, 0.3) is 11.6 Å². The molecule has 2 N–H and O–H groups in total. The maximum absolute atomic E-state index is 12.6. The van der Waals surface area contributed by atoms with Gasteiger partial charge in [-0.25, -0.2) is 4.79 Å². The molecule has 0 aliphatic rings. The Morgan fingerprint density at radius 1 is 1.03 bits per heavy atom. The zero-order valence-electron chi connectivity index (χ0n) is 16.6. The Morgan fingerprint density at radius 3 is 2.26 bits per heavy atom. The van der Waals surface area contributed by atoms with E-state index in [-0.39, 0.29) is 12.1 Å². The van der Waals surface area contributed by atoms with Crippen LogP contribution in [0.15, 0.2) is 72.8 Å². The molecule has 0 bridgehead atoms. The van der Waals surface area contributed by atoms with E-state index in [0.717, 1.165) is 11.1 Å². The van der Waals surface area contributed by atoms with E-state index in [0.29, 0.717) is 16.9 Å². The number of carbonyl (C=O) groups excluding carboxylic acids is 1. The van der Waals surface area contributed by atoms with Crippen molar-refractivity contribution in [1.82, 2.24) is 5.32 Å². The fourth-order valence-corrected chi connectivity index (χ4v) is 3.14. The standard InChI is InChI=1S/C23H20N2O6/c1-31-21-12-11-19(25(29)30)13-18(21)14-20(23(27)28)24-22(26)17-9-7-16(8-10-17)15-5-3-2-4-6-15/h2-13,20H,14H2,1H3,(H,24,26)(H,27,28)/t20-/m0/s1. The number of nitrogens with one attached hydrogen (secondary N) is 1. The van der Waals surface area contributed by atoms with Crippen LogP contribution in [0.1, 0.15) is 15.9 Å². The molecule has 1 amide bonds. The van der Waals surface area contributed by atoms with E-state index in [1.54, 1.807) is 24.3 Å². The van der Waals surface area contributed by atoms with Gasteiger partial charge in [0, 0.05) is 29.7 Å². The number of nitro benzene ring substituents is 1. The Balaban J connectivity index is 1.77. The molecule has 1 atom stereocenters. The predicted molar refractivity (Wildman–Crippen MR) is 114 cm³/mol. The number of hydrogen-bond donors (Lipinski definition) is 2. The van der Waals surface area contributed by atoms with Gasteiger partial charge in [-0.15, -0.1) is 0 Å². The summed E-state index contributed by atoms with van der Waals surface area (Å²) in [5, 5.41) is 23.1. The van der Waals surface area contributed by atoms with Gasteiger partial charge in [-0.3, -0.25) is 14.9 Å². The van der Waals surface area contributed by atoms with Gasteiger partial charge in [-0.1, -0.05) is 42.5 Å². The summed E-state index contributed by atoms with van der Waals surface area (Å²) in [6.07, 6.45) is -0.173. The Hall–Kier alpha value is -4.20. The second-order valence-corrected chi connectivity index (χ2v) is 6.77. The molecule has 0 spiro atoms. The minimum absolute atomic E-state index is 0.173. The van der Waals surface area contributed by atoms with Crippen molar-refractivity contribution in [3.8, 4) is 16.9 Å². The minimum atomic E-state index is -1.29. The van der Waals surface area contributed by atoms with Crippen molar-refractivity contribution in [2.75, 3.05) is 7.11 Å². The Labute approximate surface area is 178 Å². The Bertz CT molecular complexity index is 1100. The van der Waals surface area contributed by atoms with Crippen LogP contribution in [-0.2, 0) is 11.2 Å². The highest BCUT2D eigenvalue weighted by molar-refractivity contribution is 5.97. The summed E-state index contributed by atoms with van der Waals surface area (Å²) in [5.74, 6) is -1.52. The smallest absolute Gasteiger partial charge is 0.326 e. The first kappa shape index (κ1) is 21.5. The summed E-state index contributed by atoms with van der Waals surface area (Å²) >= 11 is 0. The number of methoxy groups -OCH3 is 1. The molecular weight excluding hydrogens is 400 g/mol. The lowest BCUT2D eigenvalue weighted by Gasteiger charge is -2.16. The van der Waals surface area contributed by atoms with Gasteiger partial charge in [0.15, 0.2) is 0 Å². The first-order valence-electron chi connectivity index (χ1n) is 9.39. The van der Waals surface area contributed by atoms with E-state index in [2.05, 4.69) is 5.32 Å². The van der Waals surface area contributed by atoms with Crippen molar-refractivity contribution in [2.24, 2.45) is 0 Å². The van der Waals surface area contributed by atoms with Gasteiger partial charge >= 0.3 is 5.97 Å². The fraction of sp³-hybridized carbons (Fsp3) is 0.130. The molecule has 8 nitrogen and oxygen atoms in total. The third kappa shape index (κ3) is 5.24. The summed E-state index contributed by atoms with van der Waals surface area (Å²) in [5.41, 5.74) is 2.34. The highest BCUT2D eigenvalue weighted by atomic mass is 16.6. The predicted octanol–water partition coefficient (Wildman–Crippen LogP) is 3.70. The lowest BCUT2D eigenvalue weighted by Crippen LogP contribution is -2.42. The number of non-ortho nitro benzene ring substituents is 1. The van der Waals surface area contributed by atoms with Crippen molar-refractivity contribution >= 4 is 17.6 Å². The second-order valence-electron chi connectivity index (χ2n) is 6.77. The maximum Gasteiger partial charge on any atom is 0.326 e. The molecule has 8 heteroatoms. The topological polar surface area (TPSA) is 119 Å². The maximum atomic E-state index is 12.6. The number of carbonyl (C=O) groups is 2. The van der Waals surface area contributed by atoms with Gasteiger partial charge in [-0.05, 0) is 29.3 Å². The fourth-order valence-electron chi connectivity index (χ4n) is 3.14. The number of amides is 1. The average molecular weight is 420 g/mol. The molecule has 3 aromatic carbocycles. The number of benzene rings is 3. The van der Waals surface area contributed by atoms with Crippen LogP contribution in [-0.4, -0.2) is 35.1 Å². The van der Waals surface area contributed by atoms with Crippen LogP contribution < -0.4 is 10.1 Å². The van der Waals surface area contributed by atoms with E-state index in [4.69, 9.17) is 4.74 Å². The van der Waals surface area contributed by atoms with Crippen LogP contribution >= 0.6 is 0 Å². The van der Waals surface area contributed by atoms with Crippen molar-refractivity contribution < 1.29 is 24.4 Å². The minimum Gasteiger partial charge on any atom is -0.496 e. The summed E-state index contributed by atoms with van der Waals surface area (Å²) in [7, 11) is 1.38. The first-order valence-corrected chi connectivity index (χ1v) is 9.39. The molecule has 0 aromatic heterocycles. The summed E-state index contributed by atoms with van der Waals surface area (Å²) in [6, 6.07) is 19.0. The molecule has 0 aliphatic heterocycles. The Kier molecular flexibility index (Phi) is 6.61. The number of carboxylic acid groups (broad SMARTS) is 1. The second kappa shape index (κ2) is 9.53. The number of hydrogen-bond acceptors (Lipinski definition) is 5. The van der Waals surface area contributed by atoms with Gasteiger partial charge < -0.3 is 15.2 Å². The summed E-state index contributed by atoms with van der Waals surface area (Å²) < 4.78 is 5.18. The van der Waals surface area contributed by atoms with Crippen molar-refractivity contribution in [1.29, 1.82) is 0 Å². The van der Waals surface area contributed by atoms with Crippen molar-refractivity contribution in [3.05, 3.63) is 94.0 Å². The zero-order valence-corrected chi connectivity index (χ0v) is 16.6. The summed E-state index contributed by atoms with van der Waals surface area (Å²) in [4.78, 5) is 34.8. The van der Waals surface area contributed by atoms with Gasteiger partial charge in [0.1, 0.15) is 11.8 Å². The van der Waals surface area contributed by atoms with Crippen LogP contribution in [0.2, 0.25) is 0 Å². The zero-order chi connectivity index (χ0) is 22.4. The molecule has 0 saturated carbocycles. The van der Waals surface area contributed by atoms with E-state index in [1.807, 2.05) is 30.3 Å².